The minimum atomic E-state index is -0.244. The number of ether oxygens (including phenoxy) is 1. The molecule has 0 radical (unpaired) electrons. The predicted octanol–water partition coefficient (Wildman–Crippen LogP) is 3.65. The Hall–Kier alpha value is -2.49. The van der Waals surface area contributed by atoms with Gasteiger partial charge < -0.3 is 15.0 Å². The van der Waals surface area contributed by atoms with Crippen molar-refractivity contribution in [3.05, 3.63) is 54.1 Å². The SMILES string of the molecule is COc1ccccc1NC(=O)C(C)N1CC(C)c2ccccc21. The molecule has 1 amide bonds. The Morgan fingerprint density at radius 2 is 1.91 bits per heavy atom. The lowest BCUT2D eigenvalue weighted by Gasteiger charge is -2.27. The van der Waals surface area contributed by atoms with E-state index in [1.54, 1.807) is 7.11 Å². The Kier molecular flexibility index (Phi) is 4.24. The first-order valence-electron chi connectivity index (χ1n) is 7.91. The van der Waals surface area contributed by atoms with Gasteiger partial charge in [0.1, 0.15) is 11.8 Å². The molecular formula is C19H22N2O2. The van der Waals surface area contributed by atoms with E-state index >= 15 is 0 Å². The van der Waals surface area contributed by atoms with E-state index in [2.05, 4.69) is 35.3 Å². The summed E-state index contributed by atoms with van der Waals surface area (Å²) in [6.45, 7) is 5.00. The molecular weight excluding hydrogens is 288 g/mol. The zero-order valence-electron chi connectivity index (χ0n) is 13.7. The van der Waals surface area contributed by atoms with Crippen molar-refractivity contribution in [1.82, 2.24) is 0 Å². The second kappa shape index (κ2) is 6.32. The first-order valence-corrected chi connectivity index (χ1v) is 7.91. The molecule has 4 nitrogen and oxygen atoms in total. The number of fused-ring (bicyclic) bond motifs is 1. The highest BCUT2D eigenvalue weighted by atomic mass is 16.5. The van der Waals surface area contributed by atoms with Crippen molar-refractivity contribution < 1.29 is 9.53 Å². The van der Waals surface area contributed by atoms with Gasteiger partial charge in [0.2, 0.25) is 5.91 Å². The lowest BCUT2D eigenvalue weighted by atomic mass is 10.0. The molecule has 0 fully saturated rings. The molecule has 0 saturated carbocycles. The quantitative estimate of drug-likeness (QED) is 0.937. The zero-order chi connectivity index (χ0) is 16.4. The summed E-state index contributed by atoms with van der Waals surface area (Å²) in [6, 6.07) is 15.5. The summed E-state index contributed by atoms with van der Waals surface area (Å²) < 4.78 is 5.30. The number of rotatable bonds is 4. The predicted molar refractivity (Wildman–Crippen MR) is 93.3 cm³/mol. The van der Waals surface area contributed by atoms with E-state index in [1.807, 2.05) is 37.3 Å². The van der Waals surface area contributed by atoms with Crippen molar-refractivity contribution in [2.75, 3.05) is 23.9 Å². The molecule has 120 valence electrons. The van der Waals surface area contributed by atoms with Crippen molar-refractivity contribution in [3.63, 3.8) is 0 Å². The van der Waals surface area contributed by atoms with E-state index in [4.69, 9.17) is 4.74 Å². The maximum atomic E-state index is 12.7. The molecule has 1 heterocycles. The summed E-state index contributed by atoms with van der Waals surface area (Å²) in [5, 5.41) is 2.98. The van der Waals surface area contributed by atoms with Crippen molar-refractivity contribution in [3.8, 4) is 5.75 Å². The van der Waals surface area contributed by atoms with Gasteiger partial charge in [0.15, 0.2) is 0 Å². The van der Waals surface area contributed by atoms with Crippen LogP contribution >= 0.6 is 0 Å². The minimum Gasteiger partial charge on any atom is -0.495 e. The fourth-order valence-corrected chi connectivity index (χ4v) is 3.15. The average molecular weight is 310 g/mol. The van der Waals surface area contributed by atoms with Gasteiger partial charge in [-0.25, -0.2) is 0 Å². The number of methoxy groups -OCH3 is 1. The second-order valence-corrected chi connectivity index (χ2v) is 5.98. The van der Waals surface area contributed by atoms with Crippen LogP contribution in [-0.4, -0.2) is 25.6 Å². The Morgan fingerprint density at radius 3 is 2.70 bits per heavy atom. The molecule has 4 heteroatoms. The van der Waals surface area contributed by atoms with Crippen LogP contribution in [0.5, 0.6) is 5.75 Å². The number of carbonyl (C=O) groups is 1. The Balaban J connectivity index is 1.79. The van der Waals surface area contributed by atoms with E-state index in [1.165, 1.54) is 5.56 Å². The van der Waals surface area contributed by atoms with Gasteiger partial charge in [0, 0.05) is 18.2 Å². The Bertz CT molecular complexity index is 714. The monoisotopic (exact) mass is 310 g/mol. The molecule has 23 heavy (non-hydrogen) atoms. The van der Waals surface area contributed by atoms with Crippen LogP contribution in [0.2, 0.25) is 0 Å². The van der Waals surface area contributed by atoms with Crippen LogP contribution in [0.1, 0.15) is 25.3 Å². The first-order chi connectivity index (χ1) is 11.1. The minimum absolute atomic E-state index is 0.0293. The van der Waals surface area contributed by atoms with Crippen LogP contribution < -0.4 is 15.0 Å². The normalized spacial score (nSPS) is 17.5. The van der Waals surface area contributed by atoms with Crippen LogP contribution in [0.25, 0.3) is 0 Å². The molecule has 0 spiro atoms. The van der Waals surface area contributed by atoms with E-state index < -0.39 is 0 Å². The third-order valence-corrected chi connectivity index (χ3v) is 4.46. The number of nitrogens with zero attached hydrogens (tertiary/aromatic N) is 1. The highest BCUT2D eigenvalue weighted by molar-refractivity contribution is 5.98. The van der Waals surface area contributed by atoms with Crippen LogP contribution in [0.3, 0.4) is 0 Å². The maximum Gasteiger partial charge on any atom is 0.246 e. The van der Waals surface area contributed by atoms with Gasteiger partial charge in [-0.2, -0.15) is 0 Å². The second-order valence-electron chi connectivity index (χ2n) is 5.98. The number of amides is 1. The number of carbonyl (C=O) groups excluding carboxylic acids is 1. The molecule has 2 aromatic carbocycles. The fraction of sp³-hybridized carbons (Fsp3) is 0.316. The Labute approximate surface area is 137 Å². The van der Waals surface area contributed by atoms with Crippen LogP contribution in [-0.2, 0) is 4.79 Å². The molecule has 2 unspecified atom stereocenters. The number of hydrogen-bond donors (Lipinski definition) is 1. The Morgan fingerprint density at radius 1 is 1.22 bits per heavy atom. The van der Waals surface area contributed by atoms with Gasteiger partial charge in [-0.05, 0) is 30.7 Å². The van der Waals surface area contributed by atoms with Crippen LogP contribution in [0.4, 0.5) is 11.4 Å². The van der Waals surface area contributed by atoms with Gasteiger partial charge in [0.25, 0.3) is 0 Å². The molecule has 2 aromatic rings. The lowest BCUT2D eigenvalue weighted by Crippen LogP contribution is -2.41. The highest BCUT2D eigenvalue weighted by Gasteiger charge is 2.31. The highest BCUT2D eigenvalue weighted by Crippen LogP contribution is 2.37. The molecule has 0 aliphatic carbocycles. The summed E-state index contributed by atoms with van der Waals surface area (Å²) in [5.41, 5.74) is 3.17. The molecule has 0 bridgehead atoms. The van der Waals surface area contributed by atoms with Crippen molar-refractivity contribution in [1.29, 1.82) is 0 Å². The molecule has 1 aliphatic rings. The standard InChI is InChI=1S/C19H22N2O2/c1-13-12-21(17-10-6-4-8-15(13)17)14(2)19(22)20-16-9-5-7-11-18(16)23-3/h4-11,13-14H,12H2,1-3H3,(H,20,22). The smallest absolute Gasteiger partial charge is 0.246 e. The topological polar surface area (TPSA) is 41.6 Å². The maximum absolute atomic E-state index is 12.7. The number of para-hydroxylation sites is 3. The fourth-order valence-electron chi connectivity index (χ4n) is 3.15. The summed E-state index contributed by atoms with van der Waals surface area (Å²) in [7, 11) is 1.60. The van der Waals surface area contributed by atoms with Crippen LogP contribution in [0.15, 0.2) is 48.5 Å². The summed E-state index contributed by atoms with van der Waals surface area (Å²) in [6.07, 6.45) is 0. The summed E-state index contributed by atoms with van der Waals surface area (Å²) in [4.78, 5) is 14.8. The summed E-state index contributed by atoms with van der Waals surface area (Å²) >= 11 is 0. The largest absolute Gasteiger partial charge is 0.495 e. The number of benzene rings is 2. The molecule has 3 rings (SSSR count). The van der Waals surface area contributed by atoms with Crippen molar-refractivity contribution in [2.24, 2.45) is 0 Å². The molecule has 2 atom stereocenters. The third-order valence-electron chi connectivity index (χ3n) is 4.46. The molecule has 1 aliphatic heterocycles. The van der Waals surface area contributed by atoms with E-state index in [0.717, 1.165) is 12.2 Å². The van der Waals surface area contributed by atoms with Gasteiger partial charge in [0.05, 0.1) is 12.8 Å². The van der Waals surface area contributed by atoms with Crippen LogP contribution in [0, 0.1) is 0 Å². The van der Waals surface area contributed by atoms with Gasteiger partial charge in [-0.3, -0.25) is 4.79 Å². The van der Waals surface area contributed by atoms with Gasteiger partial charge in [-0.15, -0.1) is 0 Å². The first kappa shape index (κ1) is 15.4. The molecule has 0 aromatic heterocycles. The molecule has 0 saturated heterocycles. The summed E-state index contributed by atoms with van der Waals surface area (Å²) in [5.74, 6) is 1.08. The van der Waals surface area contributed by atoms with Gasteiger partial charge >= 0.3 is 0 Å². The van der Waals surface area contributed by atoms with E-state index in [0.29, 0.717) is 17.4 Å². The zero-order valence-corrected chi connectivity index (χ0v) is 13.7. The average Bonchev–Trinajstić information content (AvgIpc) is 2.92. The van der Waals surface area contributed by atoms with Crippen molar-refractivity contribution in [2.45, 2.75) is 25.8 Å². The number of anilines is 2. The van der Waals surface area contributed by atoms with Crippen molar-refractivity contribution >= 4 is 17.3 Å². The number of nitrogens with one attached hydrogen (secondary N) is 1. The third kappa shape index (κ3) is 2.89. The van der Waals surface area contributed by atoms with Gasteiger partial charge in [-0.1, -0.05) is 37.3 Å². The van der Waals surface area contributed by atoms with E-state index in [-0.39, 0.29) is 11.9 Å². The van der Waals surface area contributed by atoms with E-state index in [9.17, 15) is 4.79 Å². The number of hydrogen-bond acceptors (Lipinski definition) is 3. The lowest BCUT2D eigenvalue weighted by molar-refractivity contribution is -0.117. The molecule has 1 N–H and O–H groups in total.